The second kappa shape index (κ2) is 4.11. The minimum Gasteiger partial charge on any atom is -0.251 e. The lowest BCUT2D eigenvalue weighted by molar-refractivity contribution is 0.333. The van der Waals surface area contributed by atoms with Crippen LogP contribution >= 0.6 is 23.2 Å². The van der Waals surface area contributed by atoms with Crippen LogP contribution < -0.4 is 0 Å². The lowest BCUT2D eigenvalue weighted by atomic mass is 9.95. The number of hydrogen-bond donors (Lipinski definition) is 0. The molecule has 2 rings (SSSR count). The summed E-state index contributed by atoms with van der Waals surface area (Å²) in [5.41, 5.74) is 1.06. The Balaban J connectivity index is 2.12. The molecule has 0 N–H and O–H groups in total. The van der Waals surface area contributed by atoms with E-state index in [1.54, 1.807) is 0 Å². The van der Waals surface area contributed by atoms with Crippen molar-refractivity contribution in [2.75, 3.05) is 0 Å². The molecule has 4 heteroatoms. The molecular weight excluding hydrogens is 219 g/mol. The highest BCUT2D eigenvalue weighted by atomic mass is 35.5. The van der Waals surface area contributed by atoms with E-state index < -0.39 is 0 Å². The van der Waals surface area contributed by atoms with Gasteiger partial charge in [-0.05, 0) is 32.6 Å². The summed E-state index contributed by atoms with van der Waals surface area (Å²) < 4.78 is 1.94. The minimum atomic E-state index is 0.349. The Morgan fingerprint density at radius 3 is 2.50 bits per heavy atom. The van der Waals surface area contributed by atoms with E-state index in [1.165, 1.54) is 0 Å². The van der Waals surface area contributed by atoms with Crippen molar-refractivity contribution in [3.05, 3.63) is 16.9 Å². The summed E-state index contributed by atoms with van der Waals surface area (Å²) in [5, 5.41) is 5.44. The molecule has 1 aliphatic rings. The van der Waals surface area contributed by atoms with Gasteiger partial charge in [0.05, 0.1) is 12.2 Å². The lowest BCUT2D eigenvalue weighted by Crippen LogP contribution is -2.19. The molecule has 1 aromatic heterocycles. The Hall–Kier alpha value is -0.210. The molecule has 0 amide bonds. The summed E-state index contributed by atoms with van der Waals surface area (Å²) >= 11 is 12.2. The summed E-state index contributed by atoms with van der Waals surface area (Å²) in [5.74, 6) is 0. The SMILES string of the molecule is Cc1cnn(C2CCC(Cl)CC2)c1Cl. The van der Waals surface area contributed by atoms with Crippen LogP contribution in [0.15, 0.2) is 6.20 Å². The largest absolute Gasteiger partial charge is 0.251 e. The van der Waals surface area contributed by atoms with Crippen molar-refractivity contribution in [2.45, 2.75) is 44.0 Å². The van der Waals surface area contributed by atoms with Crippen LogP contribution in [0.4, 0.5) is 0 Å². The van der Waals surface area contributed by atoms with Gasteiger partial charge in [-0.3, -0.25) is 4.68 Å². The number of rotatable bonds is 1. The average Bonchev–Trinajstić information content (AvgIpc) is 2.50. The third-order valence-corrected chi connectivity index (χ3v) is 3.78. The third-order valence-electron chi connectivity index (χ3n) is 2.87. The predicted molar refractivity (Wildman–Crippen MR) is 59.1 cm³/mol. The number of alkyl halides is 1. The zero-order chi connectivity index (χ0) is 10.1. The average molecular weight is 233 g/mol. The number of hydrogen-bond acceptors (Lipinski definition) is 1. The molecular formula is C10H14Cl2N2. The van der Waals surface area contributed by atoms with Crippen LogP contribution in [0.5, 0.6) is 0 Å². The monoisotopic (exact) mass is 232 g/mol. The fourth-order valence-corrected chi connectivity index (χ4v) is 2.45. The van der Waals surface area contributed by atoms with Gasteiger partial charge < -0.3 is 0 Å². The molecule has 0 bridgehead atoms. The van der Waals surface area contributed by atoms with Crippen molar-refractivity contribution < 1.29 is 0 Å². The first-order chi connectivity index (χ1) is 6.68. The number of aromatic nitrogens is 2. The zero-order valence-corrected chi connectivity index (χ0v) is 9.72. The van der Waals surface area contributed by atoms with Crippen LogP contribution in [0.3, 0.4) is 0 Å². The first-order valence-electron chi connectivity index (χ1n) is 5.02. The van der Waals surface area contributed by atoms with E-state index in [9.17, 15) is 0 Å². The van der Waals surface area contributed by atoms with Gasteiger partial charge in [0.15, 0.2) is 0 Å². The van der Waals surface area contributed by atoms with E-state index in [0.29, 0.717) is 11.4 Å². The molecule has 0 unspecified atom stereocenters. The van der Waals surface area contributed by atoms with Crippen LogP contribution in [0.25, 0.3) is 0 Å². The van der Waals surface area contributed by atoms with E-state index in [-0.39, 0.29) is 0 Å². The third kappa shape index (κ3) is 1.91. The van der Waals surface area contributed by atoms with Gasteiger partial charge in [0.2, 0.25) is 0 Å². The molecule has 0 aliphatic heterocycles. The van der Waals surface area contributed by atoms with Crippen LogP contribution in [-0.2, 0) is 0 Å². The molecule has 78 valence electrons. The molecule has 1 aliphatic carbocycles. The maximum absolute atomic E-state index is 6.15. The van der Waals surface area contributed by atoms with Crippen LogP contribution in [0.1, 0.15) is 37.3 Å². The van der Waals surface area contributed by atoms with Crippen molar-refractivity contribution in [1.82, 2.24) is 9.78 Å². The Bertz CT molecular complexity index is 314. The Kier molecular flexibility index (Phi) is 3.03. The Morgan fingerprint density at radius 2 is 2.00 bits per heavy atom. The van der Waals surface area contributed by atoms with Crippen molar-refractivity contribution in [1.29, 1.82) is 0 Å². The molecule has 1 fully saturated rings. The number of nitrogens with zero attached hydrogens (tertiary/aromatic N) is 2. The normalized spacial score (nSPS) is 27.9. The van der Waals surface area contributed by atoms with Crippen molar-refractivity contribution in [2.24, 2.45) is 0 Å². The summed E-state index contributed by atoms with van der Waals surface area (Å²) in [6, 6.07) is 0.450. The molecule has 0 atom stereocenters. The summed E-state index contributed by atoms with van der Waals surface area (Å²) in [7, 11) is 0. The predicted octanol–water partition coefficient (Wildman–Crippen LogP) is 3.57. The van der Waals surface area contributed by atoms with Crippen molar-refractivity contribution in [3.8, 4) is 0 Å². The fraction of sp³-hybridized carbons (Fsp3) is 0.700. The zero-order valence-electron chi connectivity index (χ0n) is 8.21. The van der Waals surface area contributed by atoms with E-state index in [0.717, 1.165) is 36.4 Å². The minimum absolute atomic E-state index is 0.349. The summed E-state index contributed by atoms with van der Waals surface area (Å²) in [6.07, 6.45) is 6.15. The topological polar surface area (TPSA) is 17.8 Å². The van der Waals surface area contributed by atoms with E-state index in [2.05, 4.69) is 5.10 Å². The standard InChI is InChI=1S/C10H14Cl2N2/c1-7-6-13-14(10(7)12)9-4-2-8(11)3-5-9/h6,8-9H,2-5H2,1H3. The van der Waals surface area contributed by atoms with Crippen LogP contribution in [0, 0.1) is 6.92 Å². The Morgan fingerprint density at radius 1 is 1.36 bits per heavy atom. The highest BCUT2D eigenvalue weighted by Crippen LogP contribution is 2.33. The van der Waals surface area contributed by atoms with Crippen molar-refractivity contribution in [3.63, 3.8) is 0 Å². The van der Waals surface area contributed by atoms with Crippen LogP contribution in [-0.4, -0.2) is 15.2 Å². The van der Waals surface area contributed by atoms with Gasteiger partial charge in [-0.1, -0.05) is 11.6 Å². The van der Waals surface area contributed by atoms with Gasteiger partial charge in [0, 0.05) is 10.9 Å². The molecule has 0 saturated heterocycles. The van der Waals surface area contributed by atoms with E-state index in [4.69, 9.17) is 23.2 Å². The van der Waals surface area contributed by atoms with Gasteiger partial charge in [-0.15, -0.1) is 11.6 Å². The van der Waals surface area contributed by atoms with Gasteiger partial charge in [0.1, 0.15) is 5.15 Å². The van der Waals surface area contributed by atoms with Crippen LogP contribution in [0.2, 0.25) is 5.15 Å². The van der Waals surface area contributed by atoms with Gasteiger partial charge in [-0.25, -0.2) is 0 Å². The molecule has 1 aromatic rings. The fourth-order valence-electron chi connectivity index (χ4n) is 1.97. The number of halogens is 2. The maximum atomic E-state index is 6.15. The molecule has 1 heterocycles. The molecule has 0 radical (unpaired) electrons. The highest BCUT2D eigenvalue weighted by molar-refractivity contribution is 6.30. The maximum Gasteiger partial charge on any atom is 0.130 e. The lowest BCUT2D eigenvalue weighted by Gasteiger charge is -2.25. The quantitative estimate of drug-likeness (QED) is 0.678. The van der Waals surface area contributed by atoms with E-state index >= 15 is 0 Å². The number of aryl methyl sites for hydroxylation is 1. The molecule has 1 saturated carbocycles. The highest BCUT2D eigenvalue weighted by Gasteiger charge is 2.23. The first kappa shape index (κ1) is 10.3. The molecule has 2 nitrogen and oxygen atoms in total. The molecule has 0 spiro atoms. The van der Waals surface area contributed by atoms with Gasteiger partial charge in [0.25, 0.3) is 0 Å². The van der Waals surface area contributed by atoms with E-state index in [1.807, 2.05) is 17.8 Å². The molecule has 0 aromatic carbocycles. The first-order valence-corrected chi connectivity index (χ1v) is 5.83. The summed E-state index contributed by atoms with van der Waals surface area (Å²) in [4.78, 5) is 0. The second-order valence-corrected chi connectivity index (χ2v) is 4.94. The van der Waals surface area contributed by atoms with Crippen molar-refractivity contribution >= 4 is 23.2 Å². The second-order valence-electron chi connectivity index (χ2n) is 3.97. The van der Waals surface area contributed by atoms with Gasteiger partial charge in [-0.2, -0.15) is 5.10 Å². The smallest absolute Gasteiger partial charge is 0.130 e. The molecule has 14 heavy (non-hydrogen) atoms. The Labute approximate surface area is 94.2 Å². The summed E-state index contributed by atoms with van der Waals surface area (Å²) in [6.45, 7) is 1.99. The van der Waals surface area contributed by atoms with Gasteiger partial charge >= 0.3 is 0 Å².